The SMILES string of the molecule is Cc1cc(-c2ccc(OCCN3CCOCC3)cc2)nc2c1c(C)nn2C. The zero-order valence-corrected chi connectivity index (χ0v) is 16.2. The number of aryl methyl sites for hydroxylation is 3. The van der Waals surface area contributed by atoms with Gasteiger partial charge in [-0.3, -0.25) is 9.58 Å². The van der Waals surface area contributed by atoms with Crippen LogP contribution < -0.4 is 4.74 Å². The minimum atomic E-state index is 0.691. The molecular weight excluding hydrogens is 340 g/mol. The highest BCUT2D eigenvalue weighted by atomic mass is 16.5. The summed E-state index contributed by atoms with van der Waals surface area (Å²) in [6.07, 6.45) is 0. The lowest BCUT2D eigenvalue weighted by Crippen LogP contribution is -2.38. The van der Waals surface area contributed by atoms with Crippen LogP contribution in [0.25, 0.3) is 22.3 Å². The number of hydrogen-bond acceptors (Lipinski definition) is 5. The third kappa shape index (κ3) is 3.82. The average Bonchev–Trinajstić information content (AvgIpc) is 2.97. The van der Waals surface area contributed by atoms with Crippen LogP contribution in [0.15, 0.2) is 30.3 Å². The molecule has 1 fully saturated rings. The van der Waals surface area contributed by atoms with E-state index in [0.29, 0.717) is 6.61 Å². The molecule has 1 aliphatic rings. The fourth-order valence-corrected chi connectivity index (χ4v) is 3.65. The number of nitrogens with zero attached hydrogens (tertiary/aromatic N) is 4. The van der Waals surface area contributed by atoms with Crippen molar-refractivity contribution in [1.82, 2.24) is 19.7 Å². The summed E-state index contributed by atoms with van der Waals surface area (Å²) in [5.41, 5.74) is 5.19. The van der Waals surface area contributed by atoms with Crippen molar-refractivity contribution in [3.05, 3.63) is 41.6 Å². The molecule has 0 spiro atoms. The first-order chi connectivity index (χ1) is 13.1. The van der Waals surface area contributed by atoms with Gasteiger partial charge in [0.25, 0.3) is 0 Å². The molecule has 0 amide bonds. The van der Waals surface area contributed by atoms with E-state index >= 15 is 0 Å². The van der Waals surface area contributed by atoms with E-state index < -0.39 is 0 Å². The molecule has 0 bridgehead atoms. The number of pyridine rings is 1. The molecule has 0 atom stereocenters. The lowest BCUT2D eigenvalue weighted by molar-refractivity contribution is 0.0322. The van der Waals surface area contributed by atoms with Crippen LogP contribution in [0.1, 0.15) is 11.3 Å². The Morgan fingerprint density at radius 1 is 1.11 bits per heavy atom. The van der Waals surface area contributed by atoms with Gasteiger partial charge in [-0.25, -0.2) is 4.98 Å². The summed E-state index contributed by atoms with van der Waals surface area (Å²) >= 11 is 0. The first-order valence-electron chi connectivity index (χ1n) is 9.46. The highest BCUT2D eigenvalue weighted by Gasteiger charge is 2.12. The van der Waals surface area contributed by atoms with Gasteiger partial charge in [-0.2, -0.15) is 5.10 Å². The molecule has 0 unspecified atom stereocenters. The van der Waals surface area contributed by atoms with Crippen molar-refractivity contribution >= 4 is 11.0 Å². The maximum Gasteiger partial charge on any atom is 0.158 e. The van der Waals surface area contributed by atoms with E-state index in [9.17, 15) is 0 Å². The Morgan fingerprint density at radius 2 is 1.85 bits per heavy atom. The van der Waals surface area contributed by atoms with Crippen molar-refractivity contribution in [2.45, 2.75) is 13.8 Å². The second-order valence-corrected chi connectivity index (χ2v) is 7.06. The lowest BCUT2D eigenvalue weighted by atomic mass is 10.1. The van der Waals surface area contributed by atoms with Gasteiger partial charge in [-0.1, -0.05) is 0 Å². The van der Waals surface area contributed by atoms with Gasteiger partial charge in [0.15, 0.2) is 5.65 Å². The summed E-state index contributed by atoms with van der Waals surface area (Å²) in [6, 6.07) is 10.3. The van der Waals surface area contributed by atoms with Crippen LogP contribution in [0.5, 0.6) is 5.75 Å². The molecule has 4 rings (SSSR count). The summed E-state index contributed by atoms with van der Waals surface area (Å²) in [7, 11) is 1.94. The third-order valence-corrected chi connectivity index (χ3v) is 5.10. The number of ether oxygens (including phenoxy) is 2. The molecule has 0 aliphatic carbocycles. The normalized spacial score (nSPS) is 15.4. The molecule has 3 aromatic rings. The van der Waals surface area contributed by atoms with Crippen molar-refractivity contribution in [3.63, 3.8) is 0 Å². The van der Waals surface area contributed by atoms with Crippen LogP contribution >= 0.6 is 0 Å². The molecule has 6 nitrogen and oxygen atoms in total. The van der Waals surface area contributed by atoms with Gasteiger partial charge in [0.2, 0.25) is 0 Å². The smallest absolute Gasteiger partial charge is 0.158 e. The van der Waals surface area contributed by atoms with Crippen LogP contribution in [0.4, 0.5) is 0 Å². The topological polar surface area (TPSA) is 52.4 Å². The molecule has 0 N–H and O–H groups in total. The second kappa shape index (κ2) is 7.66. The van der Waals surface area contributed by atoms with Gasteiger partial charge >= 0.3 is 0 Å². The van der Waals surface area contributed by atoms with Crippen LogP contribution in [0.3, 0.4) is 0 Å². The Balaban J connectivity index is 1.45. The molecule has 0 saturated carbocycles. The van der Waals surface area contributed by atoms with Crippen molar-refractivity contribution < 1.29 is 9.47 Å². The largest absolute Gasteiger partial charge is 0.492 e. The van der Waals surface area contributed by atoms with E-state index in [1.165, 1.54) is 5.56 Å². The van der Waals surface area contributed by atoms with Gasteiger partial charge in [0, 0.05) is 37.6 Å². The maximum atomic E-state index is 5.90. The van der Waals surface area contributed by atoms with Crippen LogP contribution in [0.2, 0.25) is 0 Å². The minimum absolute atomic E-state index is 0.691. The summed E-state index contributed by atoms with van der Waals surface area (Å²) in [6.45, 7) is 9.39. The van der Waals surface area contributed by atoms with Gasteiger partial charge in [-0.05, 0) is 49.7 Å². The average molecular weight is 366 g/mol. The standard InChI is InChI=1S/C21H26N4O2/c1-15-14-19(22-21-20(15)16(2)23-24(21)3)17-4-6-18(7-5-17)27-13-10-25-8-11-26-12-9-25/h4-7,14H,8-13H2,1-3H3. The Labute approximate surface area is 159 Å². The Kier molecular flexibility index (Phi) is 5.09. The van der Waals surface area contributed by atoms with E-state index in [1.54, 1.807) is 0 Å². The molecule has 3 heterocycles. The van der Waals surface area contributed by atoms with E-state index in [0.717, 1.165) is 66.6 Å². The molecule has 6 heteroatoms. The molecule has 0 radical (unpaired) electrons. The third-order valence-electron chi connectivity index (χ3n) is 5.10. The Hall–Kier alpha value is -2.44. The van der Waals surface area contributed by atoms with E-state index in [4.69, 9.17) is 14.5 Å². The van der Waals surface area contributed by atoms with Crippen molar-refractivity contribution in [1.29, 1.82) is 0 Å². The first-order valence-corrected chi connectivity index (χ1v) is 9.46. The molecule has 1 saturated heterocycles. The molecule has 2 aromatic heterocycles. The number of fused-ring (bicyclic) bond motifs is 1. The summed E-state index contributed by atoms with van der Waals surface area (Å²) < 4.78 is 13.1. The van der Waals surface area contributed by atoms with Crippen LogP contribution in [-0.2, 0) is 11.8 Å². The number of rotatable bonds is 5. The summed E-state index contributed by atoms with van der Waals surface area (Å²) in [5, 5.41) is 5.64. The predicted molar refractivity (Wildman–Crippen MR) is 106 cm³/mol. The number of aromatic nitrogens is 3. The van der Waals surface area contributed by atoms with Crippen LogP contribution in [-0.4, -0.2) is 59.1 Å². The Bertz CT molecular complexity index is 927. The fraction of sp³-hybridized carbons (Fsp3) is 0.429. The molecular formula is C21H26N4O2. The highest BCUT2D eigenvalue weighted by Crippen LogP contribution is 2.27. The molecule has 27 heavy (non-hydrogen) atoms. The Morgan fingerprint density at radius 3 is 2.59 bits per heavy atom. The quantitative estimate of drug-likeness (QED) is 0.695. The van der Waals surface area contributed by atoms with Crippen LogP contribution in [0, 0.1) is 13.8 Å². The van der Waals surface area contributed by atoms with Gasteiger partial charge in [-0.15, -0.1) is 0 Å². The van der Waals surface area contributed by atoms with E-state index in [2.05, 4.69) is 35.1 Å². The summed E-state index contributed by atoms with van der Waals surface area (Å²) in [5.74, 6) is 0.890. The zero-order chi connectivity index (χ0) is 18.8. The van der Waals surface area contributed by atoms with Crippen molar-refractivity contribution in [3.8, 4) is 17.0 Å². The number of morpholine rings is 1. The van der Waals surface area contributed by atoms with E-state index in [1.807, 2.05) is 30.8 Å². The maximum absolute atomic E-state index is 5.90. The van der Waals surface area contributed by atoms with Crippen molar-refractivity contribution in [2.75, 3.05) is 39.5 Å². The van der Waals surface area contributed by atoms with Crippen molar-refractivity contribution in [2.24, 2.45) is 7.05 Å². The van der Waals surface area contributed by atoms with Gasteiger partial charge in [0.1, 0.15) is 12.4 Å². The van der Waals surface area contributed by atoms with E-state index in [-0.39, 0.29) is 0 Å². The molecule has 142 valence electrons. The first kappa shape index (κ1) is 17.9. The highest BCUT2D eigenvalue weighted by molar-refractivity contribution is 5.84. The monoisotopic (exact) mass is 366 g/mol. The minimum Gasteiger partial charge on any atom is -0.492 e. The molecule has 1 aliphatic heterocycles. The fourth-order valence-electron chi connectivity index (χ4n) is 3.65. The zero-order valence-electron chi connectivity index (χ0n) is 16.2. The predicted octanol–water partition coefficient (Wildman–Crippen LogP) is 2.96. The lowest BCUT2D eigenvalue weighted by Gasteiger charge is -2.26. The number of hydrogen-bond donors (Lipinski definition) is 0. The number of benzene rings is 1. The molecule has 1 aromatic carbocycles. The summed E-state index contributed by atoms with van der Waals surface area (Å²) in [4.78, 5) is 7.19. The van der Waals surface area contributed by atoms with Gasteiger partial charge in [0.05, 0.1) is 24.6 Å². The van der Waals surface area contributed by atoms with Gasteiger partial charge < -0.3 is 9.47 Å². The second-order valence-electron chi connectivity index (χ2n) is 7.06.